The predicted octanol–water partition coefficient (Wildman–Crippen LogP) is 3.58. The van der Waals surface area contributed by atoms with Gasteiger partial charge in [-0.15, -0.1) is 11.3 Å². The molecule has 0 atom stereocenters. The van der Waals surface area contributed by atoms with Gasteiger partial charge >= 0.3 is 0 Å². The Morgan fingerprint density at radius 3 is 2.78 bits per heavy atom. The van der Waals surface area contributed by atoms with Crippen LogP contribution in [0.25, 0.3) is 0 Å². The Labute approximate surface area is 114 Å². The van der Waals surface area contributed by atoms with Gasteiger partial charge in [-0.2, -0.15) is 0 Å². The minimum absolute atomic E-state index is 0.313. The second-order valence-electron chi connectivity index (χ2n) is 3.92. The van der Waals surface area contributed by atoms with E-state index in [0.29, 0.717) is 6.54 Å². The number of thiophene rings is 1. The summed E-state index contributed by atoms with van der Waals surface area (Å²) in [6.45, 7) is 1.38. The highest BCUT2D eigenvalue weighted by Gasteiger charge is 2.02. The Balaban J connectivity index is 1.76. The normalized spacial score (nSPS) is 10.8. The summed E-state index contributed by atoms with van der Waals surface area (Å²) in [4.78, 5) is 1.23. The van der Waals surface area contributed by atoms with Gasteiger partial charge in [0.2, 0.25) is 0 Å². The quantitative estimate of drug-likeness (QED) is 0.823. The zero-order chi connectivity index (χ0) is 13.0. The number of aromatic hydroxyl groups is 1. The van der Waals surface area contributed by atoms with Crippen LogP contribution in [0.15, 0.2) is 30.3 Å². The molecule has 2 rings (SSSR count). The standard InChI is InChI=1S/C13H13ClFNOS/c14-13-4-2-10(18-13)5-6-16-8-9-1-3-12(17)11(15)7-9/h1-4,7,16-17H,5-6,8H2. The van der Waals surface area contributed by atoms with Crippen LogP contribution in [-0.4, -0.2) is 11.7 Å². The van der Waals surface area contributed by atoms with Gasteiger partial charge in [-0.3, -0.25) is 0 Å². The molecule has 0 aliphatic carbocycles. The van der Waals surface area contributed by atoms with Crippen molar-refractivity contribution in [1.29, 1.82) is 0 Å². The second-order valence-corrected chi connectivity index (χ2v) is 5.72. The molecule has 0 radical (unpaired) electrons. The fraction of sp³-hybridized carbons (Fsp3) is 0.231. The zero-order valence-electron chi connectivity index (χ0n) is 9.62. The number of phenols is 1. The van der Waals surface area contributed by atoms with Crippen LogP contribution in [0, 0.1) is 5.82 Å². The van der Waals surface area contributed by atoms with Gasteiger partial charge in [0.25, 0.3) is 0 Å². The monoisotopic (exact) mass is 285 g/mol. The smallest absolute Gasteiger partial charge is 0.165 e. The van der Waals surface area contributed by atoms with Crippen molar-refractivity contribution in [2.75, 3.05) is 6.54 Å². The molecule has 0 saturated heterocycles. The van der Waals surface area contributed by atoms with Crippen LogP contribution in [-0.2, 0) is 13.0 Å². The molecule has 96 valence electrons. The molecule has 2 aromatic rings. The lowest BCUT2D eigenvalue weighted by Gasteiger charge is -2.04. The van der Waals surface area contributed by atoms with Gasteiger partial charge in [-0.05, 0) is 36.2 Å². The molecule has 0 bridgehead atoms. The molecule has 18 heavy (non-hydrogen) atoms. The lowest BCUT2D eigenvalue weighted by Crippen LogP contribution is -2.16. The van der Waals surface area contributed by atoms with E-state index in [1.54, 1.807) is 17.4 Å². The zero-order valence-corrected chi connectivity index (χ0v) is 11.2. The molecule has 2 nitrogen and oxygen atoms in total. The van der Waals surface area contributed by atoms with E-state index in [1.165, 1.54) is 17.0 Å². The molecule has 0 fully saturated rings. The molecule has 5 heteroatoms. The summed E-state index contributed by atoms with van der Waals surface area (Å²) in [7, 11) is 0. The molecule has 0 unspecified atom stereocenters. The Kier molecular flexibility index (Phi) is 4.58. The lowest BCUT2D eigenvalue weighted by molar-refractivity contribution is 0.431. The maximum Gasteiger partial charge on any atom is 0.165 e. The Morgan fingerprint density at radius 2 is 2.11 bits per heavy atom. The fourth-order valence-corrected chi connectivity index (χ4v) is 2.68. The third-order valence-corrected chi connectivity index (χ3v) is 3.81. The summed E-state index contributed by atoms with van der Waals surface area (Å²) in [6.07, 6.45) is 0.901. The SMILES string of the molecule is Oc1ccc(CNCCc2ccc(Cl)s2)cc1F. The summed E-state index contributed by atoms with van der Waals surface area (Å²) in [5, 5.41) is 12.3. The van der Waals surface area contributed by atoms with Crippen molar-refractivity contribution in [2.24, 2.45) is 0 Å². The van der Waals surface area contributed by atoms with Gasteiger partial charge < -0.3 is 10.4 Å². The van der Waals surface area contributed by atoms with Crippen LogP contribution in [0.3, 0.4) is 0 Å². The van der Waals surface area contributed by atoms with Gasteiger partial charge in [0, 0.05) is 18.0 Å². The summed E-state index contributed by atoms with van der Waals surface area (Å²) < 4.78 is 13.9. The van der Waals surface area contributed by atoms with Crippen molar-refractivity contribution in [1.82, 2.24) is 5.32 Å². The van der Waals surface area contributed by atoms with Gasteiger partial charge in [-0.25, -0.2) is 4.39 Å². The van der Waals surface area contributed by atoms with Crippen LogP contribution in [0.1, 0.15) is 10.4 Å². The summed E-state index contributed by atoms with van der Waals surface area (Å²) in [5.41, 5.74) is 0.814. The molecule has 1 heterocycles. The molecular weight excluding hydrogens is 273 g/mol. The first-order chi connectivity index (χ1) is 8.65. The van der Waals surface area contributed by atoms with Gasteiger partial charge in [0.05, 0.1) is 4.34 Å². The Morgan fingerprint density at radius 1 is 1.28 bits per heavy atom. The molecule has 0 spiro atoms. The number of rotatable bonds is 5. The third kappa shape index (κ3) is 3.70. The second kappa shape index (κ2) is 6.18. The number of phenolic OH excluding ortho intramolecular Hbond substituents is 1. The highest BCUT2D eigenvalue weighted by atomic mass is 35.5. The molecular formula is C13H13ClFNOS. The molecule has 0 aliphatic rings. The number of halogens is 2. The van der Waals surface area contributed by atoms with E-state index in [4.69, 9.17) is 16.7 Å². The van der Waals surface area contributed by atoms with Crippen molar-refractivity contribution in [3.63, 3.8) is 0 Å². The van der Waals surface area contributed by atoms with E-state index >= 15 is 0 Å². The molecule has 0 saturated carbocycles. The van der Waals surface area contributed by atoms with Gasteiger partial charge in [0.15, 0.2) is 11.6 Å². The first kappa shape index (κ1) is 13.3. The Hall–Kier alpha value is -1.10. The van der Waals surface area contributed by atoms with Crippen molar-refractivity contribution in [3.05, 3.63) is 50.9 Å². The highest BCUT2D eigenvalue weighted by Crippen LogP contribution is 2.21. The first-order valence-corrected chi connectivity index (χ1v) is 6.77. The maximum atomic E-state index is 13.1. The number of benzene rings is 1. The van der Waals surface area contributed by atoms with Gasteiger partial charge in [0.1, 0.15) is 0 Å². The van der Waals surface area contributed by atoms with Crippen molar-refractivity contribution >= 4 is 22.9 Å². The van der Waals surface area contributed by atoms with E-state index in [1.807, 2.05) is 12.1 Å². The highest BCUT2D eigenvalue weighted by molar-refractivity contribution is 7.16. The third-order valence-electron chi connectivity index (χ3n) is 2.52. The molecule has 2 N–H and O–H groups in total. The van der Waals surface area contributed by atoms with E-state index in [0.717, 1.165) is 22.9 Å². The van der Waals surface area contributed by atoms with Crippen LogP contribution < -0.4 is 5.32 Å². The van der Waals surface area contributed by atoms with E-state index in [2.05, 4.69) is 5.32 Å². The van der Waals surface area contributed by atoms with Crippen molar-refractivity contribution < 1.29 is 9.50 Å². The topological polar surface area (TPSA) is 32.3 Å². The molecule has 0 amide bonds. The molecule has 1 aromatic heterocycles. The summed E-state index contributed by atoms with van der Waals surface area (Å²) in [5.74, 6) is -0.897. The lowest BCUT2D eigenvalue weighted by atomic mass is 10.2. The number of nitrogens with one attached hydrogen (secondary N) is 1. The first-order valence-electron chi connectivity index (χ1n) is 5.57. The van der Waals surface area contributed by atoms with Crippen LogP contribution >= 0.6 is 22.9 Å². The van der Waals surface area contributed by atoms with Gasteiger partial charge in [-0.1, -0.05) is 17.7 Å². The summed E-state index contributed by atoms with van der Waals surface area (Å²) in [6, 6.07) is 8.30. The Bertz CT molecular complexity index is 529. The minimum atomic E-state index is -0.584. The minimum Gasteiger partial charge on any atom is -0.505 e. The number of hydrogen-bond donors (Lipinski definition) is 2. The van der Waals surface area contributed by atoms with Crippen LogP contribution in [0.5, 0.6) is 5.75 Å². The van der Waals surface area contributed by atoms with E-state index < -0.39 is 5.82 Å². The van der Waals surface area contributed by atoms with Crippen LogP contribution in [0.2, 0.25) is 4.34 Å². The maximum absolute atomic E-state index is 13.1. The van der Waals surface area contributed by atoms with Crippen molar-refractivity contribution in [2.45, 2.75) is 13.0 Å². The largest absolute Gasteiger partial charge is 0.505 e. The van der Waals surface area contributed by atoms with Crippen molar-refractivity contribution in [3.8, 4) is 5.75 Å². The van der Waals surface area contributed by atoms with Crippen LogP contribution in [0.4, 0.5) is 4.39 Å². The number of hydrogen-bond acceptors (Lipinski definition) is 3. The van der Waals surface area contributed by atoms with E-state index in [9.17, 15) is 4.39 Å². The predicted molar refractivity (Wildman–Crippen MR) is 72.8 cm³/mol. The fourth-order valence-electron chi connectivity index (χ4n) is 1.59. The average molecular weight is 286 g/mol. The molecule has 0 aliphatic heterocycles. The molecule has 1 aromatic carbocycles. The average Bonchev–Trinajstić information content (AvgIpc) is 2.75. The summed E-state index contributed by atoms with van der Waals surface area (Å²) >= 11 is 7.40. The van der Waals surface area contributed by atoms with E-state index in [-0.39, 0.29) is 5.75 Å².